The Hall–Kier alpha value is -0.650. The van der Waals surface area contributed by atoms with Crippen molar-refractivity contribution < 1.29 is 4.39 Å². The highest BCUT2D eigenvalue weighted by molar-refractivity contribution is 7.99. The lowest BCUT2D eigenvalue weighted by Crippen LogP contribution is -2.30. The molecule has 1 unspecified atom stereocenters. The first-order chi connectivity index (χ1) is 8.31. The Kier molecular flexibility index (Phi) is 4.76. The van der Waals surface area contributed by atoms with Gasteiger partial charge in [-0.15, -0.1) is 0 Å². The monoisotopic (exact) mass is 255 g/mol. The van der Waals surface area contributed by atoms with E-state index in [1.807, 2.05) is 11.8 Å². The van der Waals surface area contributed by atoms with Crippen LogP contribution in [0.2, 0.25) is 0 Å². The van der Waals surface area contributed by atoms with E-state index in [-0.39, 0.29) is 11.9 Å². The average Bonchev–Trinajstić information content (AvgIpc) is 2.85. The van der Waals surface area contributed by atoms with Gasteiger partial charge in [-0.3, -0.25) is 16.3 Å². The van der Waals surface area contributed by atoms with Crippen molar-refractivity contribution in [3.63, 3.8) is 0 Å². The summed E-state index contributed by atoms with van der Waals surface area (Å²) in [6, 6.07) is 1.55. The summed E-state index contributed by atoms with van der Waals surface area (Å²) in [5.74, 6) is 6.03. The molecule has 1 fully saturated rings. The molecule has 17 heavy (non-hydrogen) atoms. The molecule has 1 aliphatic carbocycles. The Balaban J connectivity index is 1.94. The second kappa shape index (κ2) is 6.33. The Labute approximate surface area is 105 Å². The average molecular weight is 255 g/mol. The van der Waals surface area contributed by atoms with Crippen LogP contribution in [0.5, 0.6) is 0 Å². The summed E-state index contributed by atoms with van der Waals surface area (Å²) >= 11 is 1.89. The van der Waals surface area contributed by atoms with Gasteiger partial charge in [-0.2, -0.15) is 11.8 Å². The summed E-state index contributed by atoms with van der Waals surface area (Å²) in [7, 11) is 0. The quantitative estimate of drug-likeness (QED) is 0.626. The van der Waals surface area contributed by atoms with E-state index < -0.39 is 0 Å². The molecule has 0 amide bonds. The lowest BCUT2D eigenvalue weighted by atomic mass is 10.1. The van der Waals surface area contributed by atoms with Crippen LogP contribution in [-0.4, -0.2) is 16.0 Å². The zero-order valence-corrected chi connectivity index (χ0v) is 10.5. The lowest BCUT2D eigenvalue weighted by molar-refractivity contribution is 0.542. The van der Waals surface area contributed by atoms with Crippen LogP contribution < -0.4 is 11.3 Å². The molecule has 1 saturated carbocycles. The number of hydrogen-bond acceptors (Lipinski definition) is 4. The molecule has 0 radical (unpaired) electrons. The molecule has 1 heterocycles. The van der Waals surface area contributed by atoms with Crippen molar-refractivity contribution in [3.05, 3.63) is 29.8 Å². The molecule has 1 atom stereocenters. The summed E-state index contributed by atoms with van der Waals surface area (Å²) in [6.45, 7) is 0. The molecule has 0 saturated heterocycles. The standard InChI is InChI=1S/C12H18FN3S/c13-11-7-15-6-5-10(11)12(16-14)8-17-9-3-1-2-4-9/h5-7,9,12,16H,1-4,8,14H2. The number of thioether (sulfide) groups is 1. The fraction of sp³-hybridized carbons (Fsp3) is 0.583. The topological polar surface area (TPSA) is 50.9 Å². The first kappa shape index (κ1) is 12.8. The van der Waals surface area contributed by atoms with Gasteiger partial charge < -0.3 is 0 Å². The normalized spacial score (nSPS) is 18.5. The van der Waals surface area contributed by atoms with Crippen LogP contribution >= 0.6 is 11.8 Å². The number of pyridine rings is 1. The van der Waals surface area contributed by atoms with E-state index >= 15 is 0 Å². The van der Waals surface area contributed by atoms with E-state index in [1.165, 1.54) is 31.9 Å². The maximum atomic E-state index is 13.6. The number of nitrogens with two attached hydrogens (primary N) is 1. The minimum atomic E-state index is -0.289. The van der Waals surface area contributed by atoms with Gasteiger partial charge in [-0.05, 0) is 18.9 Å². The molecule has 3 N–H and O–H groups in total. The molecule has 94 valence electrons. The van der Waals surface area contributed by atoms with Crippen LogP contribution in [0.15, 0.2) is 18.5 Å². The molecular formula is C12H18FN3S. The molecule has 0 aromatic carbocycles. The zero-order chi connectivity index (χ0) is 12.1. The Morgan fingerprint density at radius 2 is 2.29 bits per heavy atom. The Morgan fingerprint density at radius 3 is 2.94 bits per heavy atom. The summed E-state index contributed by atoms with van der Waals surface area (Å²) in [6.07, 6.45) is 8.04. The fourth-order valence-electron chi connectivity index (χ4n) is 2.18. The first-order valence-electron chi connectivity index (χ1n) is 5.98. The fourth-order valence-corrected chi connectivity index (χ4v) is 3.59. The van der Waals surface area contributed by atoms with E-state index in [2.05, 4.69) is 10.4 Å². The first-order valence-corrected chi connectivity index (χ1v) is 7.03. The van der Waals surface area contributed by atoms with Crippen molar-refractivity contribution in [2.45, 2.75) is 37.0 Å². The van der Waals surface area contributed by atoms with E-state index in [9.17, 15) is 4.39 Å². The molecule has 1 aliphatic rings. The van der Waals surface area contributed by atoms with Gasteiger partial charge in [0, 0.05) is 22.8 Å². The summed E-state index contributed by atoms with van der Waals surface area (Å²) in [4.78, 5) is 3.75. The van der Waals surface area contributed by atoms with Crippen molar-refractivity contribution in [1.82, 2.24) is 10.4 Å². The third kappa shape index (κ3) is 3.40. The molecule has 1 aromatic rings. The molecule has 3 nitrogen and oxygen atoms in total. The number of nitrogens with zero attached hydrogens (tertiary/aromatic N) is 1. The van der Waals surface area contributed by atoms with Gasteiger partial charge in [-0.1, -0.05) is 12.8 Å². The van der Waals surface area contributed by atoms with Crippen LogP contribution in [0, 0.1) is 5.82 Å². The van der Waals surface area contributed by atoms with Crippen molar-refractivity contribution >= 4 is 11.8 Å². The van der Waals surface area contributed by atoms with Gasteiger partial charge in [0.25, 0.3) is 0 Å². The van der Waals surface area contributed by atoms with Crippen LogP contribution in [-0.2, 0) is 0 Å². The second-order valence-electron chi connectivity index (χ2n) is 4.36. The van der Waals surface area contributed by atoms with Crippen molar-refractivity contribution in [1.29, 1.82) is 0 Å². The molecule has 1 aromatic heterocycles. The molecule has 5 heteroatoms. The van der Waals surface area contributed by atoms with E-state index in [1.54, 1.807) is 12.3 Å². The van der Waals surface area contributed by atoms with Gasteiger partial charge in [0.05, 0.1) is 12.2 Å². The van der Waals surface area contributed by atoms with Gasteiger partial charge in [0.1, 0.15) is 5.82 Å². The summed E-state index contributed by atoms with van der Waals surface area (Å²) in [5, 5.41) is 0.718. The summed E-state index contributed by atoms with van der Waals surface area (Å²) in [5.41, 5.74) is 3.30. The van der Waals surface area contributed by atoms with Crippen molar-refractivity contribution in [3.8, 4) is 0 Å². The number of nitrogens with one attached hydrogen (secondary N) is 1. The third-order valence-corrected chi connectivity index (χ3v) is 4.65. The van der Waals surface area contributed by atoms with Crippen LogP contribution in [0.3, 0.4) is 0 Å². The molecule has 2 rings (SSSR count). The molecule has 0 aliphatic heterocycles. The SMILES string of the molecule is NNC(CSC1CCCC1)c1ccncc1F. The van der Waals surface area contributed by atoms with Crippen LogP contribution in [0.1, 0.15) is 37.3 Å². The van der Waals surface area contributed by atoms with E-state index in [0.717, 1.165) is 11.0 Å². The minimum Gasteiger partial charge on any atom is -0.271 e. The molecular weight excluding hydrogens is 237 g/mol. The summed E-state index contributed by atoms with van der Waals surface area (Å²) < 4.78 is 13.6. The van der Waals surface area contributed by atoms with Gasteiger partial charge >= 0.3 is 0 Å². The highest BCUT2D eigenvalue weighted by Gasteiger charge is 2.19. The molecule has 0 spiro atoms. The Bertz CT molecular complexity index is 355. The zero-order valence-electron chi connectivity index (χ0n) is 9.73. The number of aromatic nitrogens is 1. The predicted molar refractivity (Wildman–Crippen MR) is 69.0 cm³/mol. The lowest BCUT2D eigenvalue weighted by Gasteiger charge is -2.18. The number of hydrazine groups is 1. The number of halogens is 1. The number of rotatable bonds is 5. The number of hydrogen-bond donors (Lipinski definition) is 2. The van der Waals surface area contributed by atoms with E-state index in [0.29, 0.717) is 5.56 Å². The smallest absolute Gasteiger partial charge is 0.146 e. The third-order valence-electron chi connectivity index (χ3n) is 3.18. The highest BCUT2D eigenvalue weighted by Crippen LogP contribution is 2.32. The second-order valence-corrected chi connectivity index (χ2v) is 5.69. The predicted octanol–water partition coefficient (Wildman–Crippen LogP) is 2.40. The highest BCUT2D eigenvalue weighted by atomic mass is 32.2. The van der Waals surface area contributed by atoms with Crippen LogP contribution in [0.4, 0.5) is 4.39 Å². The molecule has 0 bridgehead atoms. The van der Waals surface area contributed by atoms with Gasteiger partial charge in [-0.25, -0.2) is 4.39 Å². The maximum Gasteiger partial charge on any atom is 0.146 e. The Morgan fingerprint density at radius 1 is 1.53 bits per heavy atom. The van der Waals surface area contributed by atoms with E-state index in [4.69, 9.17) is 5.84 Å². The van der Waals surface area contributed by atoms with Gasteiger partial charge in [0.15, 0.2) is 0 Å². The van der Waals surface area contributed by atoms with Crippen molar-refractivity contribution in [2.75, 3.05) is 5.75 Å². The van der Waals surface area contributed by atoms with Crippen molar-refractivity contribution in [2.24, 2.45) is 5.84 Å². The van der Waals surface area contributed by atoms with Gasteiger partial charge in [0.2, 0.25) is 0 Å². The van der Waals surface area contributed by atoms with Crippen LogP contribution in [0.25, 0.3) is 0 Å². The minimum absolute atomic E-state index is 0.136. The largest absolute Gasteiger partial charge is 0.271 e. The maximum absolute atomic E-state index is 13.6.